The van der Waals surface area contributed by atoms with Gasteiger partial charge in [-0.2, -0.15) is 0 Å². The molecule has 2 rings (SSSR count). The molecule has 110 valence electrons. The number of carbonyl (C=O) groups is 2. The van der Waals surface area contributed by atoms with Gasteiger partial charge in [0.25, 0.3) is 5.91 Å². The Morgan fingerprint density at radius 1 is 1.24 bits per heavy atom. The van der Waals surface area contributed by atoms with Crippen LogP contribution in [-0.4, -0.2) is 27.1 Å². The van der Waals surface area contributed by atoms with Crippen LogP contribution in [0.25, 0.3) is 0 Å². The van der Waals surface area contributed by atoms with Crippen LogP contribution in [0.3, 0.4) is 0 Å². The Kier molecular flexibility index (Phi) is 4.02. The van der Waals surface area contributed by atoms with Crippen LogP contribution in [0.5, 0.6) is 0 Å². The van der Waals surface area contributed by atoms with Crippen molar-refractivity contribution in [3.63, 3.8) is 0 Å². The minimum atomic E-state index is -1.07. The molecule has 1 amide bonds. The highest BCUT2D eigenvalue weighted by atomic mass is 16.5. The Hall–Kier alpha value is -2.70. The normalized spacial score (nSPS) is 10.4. The van der Waals surface area contributed by atoms with Crippen molar-refractivity contribution in [1.29, 1.82) is 0 Å². The first kappa shape index (κ1) is 14.7. The molecule has 2 aromatic rings. The molecule has 7 heteroatoms. The lowest BCUT2D eigenvalue weighted by Gasteiger charge is -2.06. The Morgan fingerprint density at radius 3 is 2.48 bits per heavy atom. The molecule has 0 saturated heterocycles. The van der Waals surface area contributed by atoms with Gasteiger partial charge in [-0.1, -0.05) is 5.16 Å². The Labute approximate surface area is 121 Å². The molecule has 2 N–H and O–H groups in total. The van der Waals surface area contributed by atoms with Crippen molar-refractivity contribution in [1.82, 2.24) is 15.5 Å². The van der Waals surface area contributed by atoms with Gasteiger partial charge in [-0.15, -0.1) is 0 Å². The molecule has 2 heterocycles. The van der Waals surface area contributed by atoms with E-state index in [4.69, 9.17) is 9.63 Å². The van der Waals surface area contributed by atoms with Gasteiger partial charge >= 0.3 is 5.97 Å². The second-order valence-electron chi connectivity index (χ2n) is 4.62. The van der Waals surface area contributed by atoms with E-state index < -0.39 is 5.97 Å². The van der Waals surface area contributed by atoms with E-state index in [2.05, 4.69) is 15.5 Å². The maximum atomic E-state index is 12.0. The second-order valence-corrected chi connectivity index (χ2v) is 4.62. The van der Waals surface area contributed by atoms with Gasteiger partial charge in [-0.3, -0.25) is 4.79 Å². The fraction of sp³-hybridized carbons (Fsp3) is 0.286. The topological polar surface area (TPSA) is 105 Å². The summed E-state index contributed by atoms with van der Waals surface area (Å²) in [7, 11) is 0. The van der Waals surface area contributed by atoms with Gasteiger partial charge in [0.2, 0.25) is 0 Å². The summed E-state index contributed by atoms with van der Waals surface area (Å²) in [5.74, 6) is -0.795. The molecule has 0 aliphatic heterocycles. The zero-order valence-electron chi connectivity index (χ0n) is 11.9. The number of carboxylic acid groups (broad SMARTS) is 1. The summed E-state index contributed by atoms with van der Waals surface area (Å²) in [6, 6.07) is 2.76. The standard InChI is InChI=1S/C14H15N3O4/c1-7-10(14(19)20)4-5-12(16-7)13(18)15-6-11-8(2)17-21-9(11)3/h4-5H,6H2,1-3H3,(H,15,18)(H,19,20). The number of nitrogens with one attached hydrogen (secondary N) is 1. The number of aromatic nitrogens is 2. The molecule has 7 nitrogen and oxygen atoms in total. The zero-order valence-corrected chi connectivity index (χ0v) is 11.9. The predicted octanol–water partition coefficient (Wildman–Crippen LogP) is 1.62. The third-order valence-corrected chi connectivity index (χ3v) is 3.16. The maximum Gasteiger partial charge on any atom is 0.337 e. The number of carbonyl (C=O) groups excluding carboxylic acids is 1. The number of nitrogens with zero attached hydrogens (tertiary/aromatic N) is 2. The van der Waals surface area contributed by atoms with E-state index in [1.54, 1.807) is 20.8 Å². The lowest BCUT2D eigenvalue weighted by atomic mass is 10.1. The number of aryl methyl sites for hydroxylation is 3. The van der Waals surface area contributed by atoms with Crippen LogP contribution in [0.4, 0.5) is 0 Å². The lowest BCUT2D eigenvalue weighted by Crippen LogP contribution is -2.24. The molecule has 0 aliphatic carbocycles. The second kappa shape index (κ2) is 5.74. The summed E-state index contributed by atoms with van der Waals surface area (Å²) in [5.41, 5.74) is 2.09. The predicted molar refractivity (Wildman–Crippen MR) is 73.1 cm³/mol. The highest BCUT2D eigenvalue weighted by molar-refractivity contribution is 5.94. The first-order valence-electron chi connectivity index (χ1n) is 6.31. The molecule has 0 fully saturated rings. The largest absolute Gasteiger partial charge is 0.478 e. The summed E-state index contributed by atoms with van der Waals surface area (Å²) in [5, 5.41) is 15.4. The number of amides is 1. The molecule has 0 aliphatic rings. The molecular formula is C14H15N3O4. The van der Waals surface area contributed by atoms with Gasteiger partial charge in [0.15, 0.2) is 0 Å². The van der Waals surface area contributed by atoms with Crippen LogP contribution < -0.4 is 5.32 Å². The van der Waals surface area contributed by atoms with Crippen LogP contribution in [0.2, 0.25) is 0 Å². The summed E-state index contributed by atoms with van der Waals surface area (Å²) in [6.45, 7) is 5.39. The Balaban J connectivity index is 2.11. The van der Waals surface area contributed by atoms with Gasteiger partial charge < -0.3 is 14.9 Å². The summed E-state index contributed by atoms with van der Waals surface area (Å²) < 4.78 is 5.01. The lowest BCUT2D eigenvalue weighted by molar-refractivity contribution is 0.0694. The number of carboxylic acids is 1. The quantitative estimate of drug-likeness (QED) is 0.886. The smallest absolute Gasteiger partial charge is 0.337 e. The van der Waals surface area contributed by atoms with Gasteiger partial charge in [0.05, 0.1) is 17.0 Å². The summed E-state index contributed by atoms with van der Waals surface area (Å²) in [4.78, 5) is 26.9. The Morgan fingerprint density at radius 2 is 1.95 bits per heavy atom. The van der Waals surface area contributed by atoms with E-state index >= 15 is 0 Å². The molecule has 0 radical (unpaired) electrons. The van der Waals surface area contributed by atoms with Crippen LogP contribution in [-0.2, 0) is 6.54 Å². The van der Waals surface area contributed by atoms with Crippen LogP contribution in [0.15, 0.2) is 16.7 Å². The Bertz CT molecular complexity index is 687. The van der Waals surface area contributed by atoms with Crippen molar-refractivity contribution >= 4 is 11.9 Å². The SMILES string of the molecule is Cc1nc(C(=O)NCc2c(C)noc2C)ccc1C(=O)O. The average molecular weight is 289 g/mol. The van der Waals surface area contributed by atoms with Crippen molar-refractivity contribution in [3.05, 3.63) is 46.1 Å². The number of rotatable bonds is 4. The van der Waals surface area contributed by atoms with E-state index in [-0.39, 0.29) is 23.7 Å². The highest BCUT2D eigenvalue weighted by Gasteiger charge is 2.14. The third kappa shape index (κ3) is 3.07. The molecule has 2 aromatic heterocycles. The van der Waals surface area contributed by atoms with Crippen molar-refractivity contribution in [3.8, 4) is 0 Å². The monoisotopic (exact) mass is 289 g/mol. The minimum Gasteiger partial charge on any atom is -0.478 e. The van der Waals surface area contributed by atoms with Crippen LogP contribution in [0.1, 0.15) is 43.6 Å². The number of hydrogen-bond acceptors (Lipinski definition) is 5. The van der Waals surface area contributed by atoms with Crippen LogP contribution >= 0.6 is 0 Å². The average Bonchev–Trinajstić information content (AvgIpc) is 2.75. The van der Waals surface area contributed by atoms with Gasteiger partial charge in [-0.05, 0) is 32.9 Å². The summed E-state index contributed by atoms with van der Waals surface area (Å²) in [6.07, 6.45) is 0. The van der Waals surface area contributed by atoms with Gasteiger partial charge in [0.1, 0.15) is 11.5 Å². The fourth-order valence-corrected chi connectivity index (χ4v) is 1.93. The van der Waals surface area contributed by atoms with Crippen LogP contribution in [0, 0.1) is 20.8 Å². The van der Waals surface area contributed by atoms with Crippen molar-refractivity contribution in [2.45, 2.75) is 27.3 Å². The summed E-state index contributed by atoms with van der Waals surface area (Å²) >= 11 is 0. The fourth-order valence-electron chi connectivity index (χ4n) is 1.93. The zero-order chi connectivity index (χ0) is 15.6. The van der Waals surface area contributed by atoms with Gasteiger partial charge in [0, 0.05) is 12.1 Å². The number of aromatic carboxylic acids is 1. The van der Waals surface area contributed by atoms with E-state index in [0.717, 1.165) is 11.3 Å². The molecule has 0 spiro atoms. The number of hydrogen-bond donors (Lipinski definition) is 2. The number of pyridine rings is 1. The van der Waals surface area contributed by atoms with E-state index in [0.29, 0.717) is 11.5 Å². The van der Waals surface area contributed by atoms with Crippen molar-refractivity contribution in [2.24, 2.45) is 0 Å². The van der Waals surface area contributed by atoms with Crippen molar-refractivity contribution in [2.75, 3.05) is 0 Å². The van der Waals surface area contributed by atoms with E-state index in [9.17, 15) is 9.59 Å². The molecule has 21 heavy (non-hydrogen) atoms. The van der Waals surface area contributed by atoms with Gasteiger partial charge in [-0.25, -0.2) is 9.78 Å². The first-order valence-corrected chi connectivity index (χ1v) is 6.31. The molecule has 0 aromatic carbocycles. The molecule has 0 atom stereocenters. The first-order chi connectivity index (χ1) is 9.90. The van der Waals surface area contributed by atoms with Crippen molar-refractivity contribution < 1.29 is 19.2 Å². The maximum absolute atomic E-state index is 12.0. The van der Waals surface area contributed by atoms with E-state index in [1.165, 1.54) is 12.1 Å². The molecular weight excluding hydrogens is 274 g/mol. The van der Waals surface area contributed by atoms with E-state index in [1.807, 2.05) is 0 Å². The molecule has 0 unspecified atom stereocenters. The third-order valence-electron chi connectivity index (χ3n) is 3.16. The molecule has 0 saturated carbocycles. The molecule has 0 bridgehead atoms. The minimum absolute atomic E-state index is 0.0808. The highest BCUT2D eigenvalue weighted by Crippen LogP contribution is 2.12.